The van der Waals surface area contributed by atoms with E-state index in [4.69, 9.17) is 0 Å². The van der Waals surface area contributed by atoms with Crippen LogP contribution < -0.4 is 0 Å². The Morgan fingerprint density at radius 2 is 1.60 bits per heavy atom. The molecule has 0 unspecified atom stereocenters. The minimum atomic E-state index is 0.258. The molecule has 0 bridgehead atoms. The summed E-state index contributed by atoms with van der Waals surface area (Å²) in [6.45, 7) is 0. The van der Waals surface area contributed by atoms with Crippen LogP contribution in [0, 0.1) is 0 Å². The van der Waals surface area contributed by atoms with Gasteiger partial charge in [-0.2, -0.15) is 0 Å². The van der Waals surface area contributed by atoms with Crippen LogP contribution >= 0.6 is 11.8 Å². The topological polar surface area (TPSA) is 48.9 Å². The molecule has 0 aliphatic rings. The van der Waals surface area contributed by atoms with Crippen molar-refractivity contribution in [2.75, 3.05) is 6.26 Å². The maximum atomic E-state index is 9.30. The van der Waals surface area contributed by atoms with Crippen molar-refractivity contribution in [1.82, 2.24) is 9.97 Å². The SMILES string of the molecule is CSc1ccc(-c2cnc(-c3ccc(O)cc3)[nH]2)cc1. The third-order valence-corrected chi connectivity index (χ3v) is 3.86. The van der Waals surface area contributed by atoms with E-state index in [1.54, 1.807) is 23.9 Å². The molecule has 2 aromatic carbocycles. The smallest absolute Gasteiger partial charge is 0.137 e. The molecule has 2 N–H and O–H groups in total. The molecule has 1 aromatic heterocycles. The number of H-pyrrole nitrogens is 1. The number of hydrogen-bond acceptors (Lipinski definition) is 3. The number of aromatic nitrogens is 2. The number of phenols is 1. The Morgan fingerprint density at radius 3 is 2.25 bits per heavy atom. The van der Waals surface area contributed by atoms with Crippen LogP contribution in [0.4, 0.5) is 0 Å². The zero-order chi connectivity index (χ0) is 13.9. The number of benzene rings is 2. The van der Waals surface area contributed by atoms with Crippen molar-refractivity contribution in [2.45, 2.75) is 4.90 Å². The molecular weight excluding hydrogens is 268 g/mol. The Kier molecular flexibility index (Phi) is 3.48. The molecule has 0 saturated heterocycles. The number of thioether (sulfide) groups is 1. The van der Waals surface area contributed by atoms with Crippen molar-refractivity contribution in [1.29, 1.82) is 0 Å². The molecule has 0 aliphatic carbocycles. The van der Waals surface area contributed by atoms with Gasteiger partial charge in [-0.05, 0) is 48.2 Å². The maximum Gasteiger partial charge on any atom is 0.137 e. The fourth-order valence-electron chi connectivity index (χ4n) is 2.00. The van der Waals surface area contributed by atoms with Gasteiger partial charge in [0.05, 0.1) is 11.9 Å². The Morgan fingerprint density at radius 1 is 0.950 bits per heavy atom. The number of imidazole rings is 1. The summed E-state index contributed by atoms with van der Waals surface area (Å²) in [4.78, 5) is 8.94. The second kappa shape index (κ2) is 5.43. The summed E-state index contributed by atoms with van der Waals surface area (Å²) in [6, 6.07) is 15.4. The summed E-state index contributed by atoms with van der Waals surface area (Å²) in [7, 11) is 0. The van der Waals surface area contributed by atoms with Gasteiger partial charge < -0.3 is 10.1 Å². The second-order valence-corrected chi connectivity index (χ2v) is 5.30. The molecule has 0 saturated carbocycles. The Bertz CT molecular complexity index is 702. The first-order chi connectivity index (χ1) is 9.76. The van der Waals surface area contributed by atoms with Gasteiger partial charge in [0, 0.05) is 10.5 Å². The summed E-state index contributed by atoms with van der Waals surface area (Å²) >= 11 is 1.73. The summed E-state index contributed by atoms with van der Waals surface area (Å²) in [5, 5.41) is 9.30. The average Bonchev–Trinajstić information content (AvgIpc) is 2.98. The molecule has 100 valence electrons. The molecule has 0 atom stereocenters. The van der Waals surface area contributed by atoms with E-state index in [1.807, 2.05) is 18.3 Å². The molecule has 0 fully saturated rings. The number of hydrogen-bond donors (Lipinski definition) is 2. The van der Waals surface area contributed by atoms with E-state index >= 15 is 0 Å². The Hall–Kier alpha value is -2.20. The highest BCUT2D eigenvalue weighted by molar-refractivity contribution is 7.98. The minimum Gasteiger partial charge on any atom is -0.508 e. The number of phenolic OH excluding ortho intramolecular Hbond substituents is 1. The van der Waals surface area contributed by atoms with Gasteiger partial charge in [0.25, 0.3) is 0 Å². The van der Waals surface area contributed by atoms with E-state index < -0.39 is 0 Å². The van der Waals surface area contributed by atoms with E-state index in [2.05, 4.69) is 40.5 Å². The van der Waals surface area contributed by atoms with Crippen LogP contribution in [0.2, 0.25) is 0 Å². The lowest BCUT2D eigenvalue weighted by atomic mass is 10.2. The first-order valence-corrected chi connectivity index (χ1v) is 7.47. The quantitative estimate of drug-likeness (QED) is 0.709. The molecule has 3 nitrogen and oxygen atoms in total. The highest BCUT2D eigenvalue weighted by Crippen LogP contribution is 2.25. The highest BCUT2D eigenvalue weighted by Gasteiger charge is 2.05. The van der Waals surface area contributed by atoms with E-state index in [0.29, 0.717) is 0 Å². The average molecular weight is 282 g/mol. The Labute approximate surface area is 121 Å². The number of rotatable bonds is 3. The summed E-state index contributed by atoms with van der Waals surface area (Å²) in [5.41, 5.74) is 3.05. The maximum absolute atomic E-state index is 9.30. The summed E-state index contributed by atoms with van der Waals surface area (Å²) in [5.74, 6) is 1.06. The van der Waals surface area contributed by atoms with Gasteiger partial charge in [0.1, 0.15) is 11.6 Å². The zero-order valence-electron chi connectivity index (χ0n) is 11.0. The molecule has 0 spiro atoms. The minimum absolute atomic E-state index is 0.258. The van der Waals surface area contributed by atoms with Crippen molar-refractivity contribution in [3.05, 3.63) is 54.7 Å². The molecule has 0 amide bonds. The standard InChI is InChI=1S/C16H14N2OS/c1-20-14-8-4-11(5-9-14)15-10-17-16(18-15)12-2-6-13(19)7-3-12/h2-10,19H,1H3,(H,17,18). The Balaban J connectivity index is 1.91. The van der Waals surface area contributed by atoms with Crippen LogP contribution in [0.15, 0.2) is 59.6 Å². The second-order valence-electron chi connectivity index (χ2n) is 4.42. The molecule has 0 radical (unpaired) electrons. The van der Waals surface area contributed by atoms with Crippen LogP contribution in [0.5, 0.6) is 5.75 Å². The van der Waals surface area contributed by atoms with Gasteiger partial charge in [0.2, 0.25) is 0 Å². The van der Waals surface area contributed by atoms with E-state index in [-0.39, 0.29) is 5.75 Å². The predicted molar refractivity (Wildman–Crippen MR) is 82.9 cm³/mol. The van der Waals surface area contributed by atoms with Gasteiger partial charge in [-0.3, -0.25) is 0 Å². The van der Waals surface area contributed by atoms with Crippen LogP contribution in [0.1, 0.15) is 0 Å². The number of nitrogens with one attached hydrogen (secondary N) is 1. The molecule has 1 heterocycles. The van der Waals surface area contributed by atoms with Crippen molar-refractivity contribution in [2.24, 2.45) is 0 Å². The number of aromatic amines is 1. The summed E-state index contributed by atoms with van der Waals surface area (Å²) < 4.78 is 0. The van der Waals surface area contributed by atoms with Crippen molar-refractivity contribution in [3.63, 3.8) is 0 Å². The highest BCUT2D eigenvalue weighted by atomic mass is 32.2. The fourth-order valence-corrected chi connectivity index (χ4v) is 2.41. The lowest BCUT2D eigenvalue weighted by Gasteiger charge is -2.00. The van der Waals surface area contributed by atoms with Gasteiger partial charge in [-0.1, -0.05) is 12.1 Å². The number of aromatic hydroxyl groups is 1. The molecule has 4 heteroatoms. The third kappa shape index (κ3) is 2.56. The van der Waals surface area contributed by atoms with Gasteiger partial charge in [-0.25, -0.2) is 4.98 Å². The fraction of sp³-hybridized carbons (Fsp3) is 0.0625. The molecule has 3 rings (SSSR count). The third-order valence-electron chi connectivity index (χ3n) is 3.12. The lowest BCUT2D eigenvalue weighted by Crippen LogP contribution is -1.81. The first kappa shape index (κ1) is 12.8. The predicted octanol–water partition coefficient (Wildman–Crippen LogP) is 4.17. The largest absolute Gasteiger partial charge is 0.508 e. The zero-order valence-corrected chi connectivity index (χ0v) is 11.8. The van der Waals surface area contributed by atoms with E-state index in [1.165, 1.54) is 4.90 Å². The van der Waals surface area contributed by atoms with Gasteiger partial charge in [0.15, 0.2) is 0 Å². The van der Waals surface area contributed by atoms with Crippen molar-refractivity contribution < 1.29 is 5.11 Å². The van der Waals surface area contributed by atoms with Gasteiger partial charge in [-0.15, -0.1) is 11.8 Å². The molecule has 3 aromatic rings. The molecular formula is C16H14N2OS. The molecule has 20 heavy (non-hydrogen) atoms. The van der Waals surface area contributed by atoms with Crippen LogP contribution in [0.3, 0.4) is 0 Å². The molecule has 0 aliphatic heterocycles. The first-order valence-electron chi connectivity index (χ1n) is 6.25. The monoisotopic (exact) mass is 282 g/mol. The van der Waals surface area contributed by atoms with Crippen molar-refractivity contribution in [3.8, 4) is 28.4 Å². The van der Waals surface area contributed by atoms with Crippen molar-refractivity contribution >= 4 is 11.8 Å². The van der Waals surface area contributed by atoms with Gasteiger partial charge >= 0.3 is 0 Å². The van der Waals surface area contributed by atoms with E-state index in [9.17, 15) is 5.11 Å². The lowest BCUT2D eigenvalue weighted by molar-refractivity contribution is 0.475. The summed E-state index contributed by atoms with van der Waals surface area (Å²) in [6.07, 6.45) is 3.89. The van der Waals surface area contributed by atoms with E-state index in [0.717, 1.165) is 22.6 Å². The number of nitrogens with zero attached hydrogens (tertiary/aromatic N) is 1. The van der Waals surface area contributed by atoms with Crippen LogP contribution in [-0.2, 0) is 0 Å². The van der Waals surface area contributed by atoms with Crippen LogP contribution in [-0.4, -0.2) is 21.3 Å². The normalized spacial score (nSPS) is 10.7. The van der Waals surface area contributed by atoms with Crippen LogP contribution in [0.25, 0.3) is 22.6 Å².